The Kier molecular flexibility index (Phi) is 4.19. The first-order valence-corrected chi connectivity index (χ1v) is 5.76. The van der Waals surface area contributed by atoms with Crippen LogP contribution in [0.1, 0.15) is 20.8 Å². The number of carbonyl (C=O) groups excluding carboxylic acids is 1. The quantitative estimate of drug-likeness (QED) is 0.742. The molecule has 0 aliphatic rings. The second-order valence-electron chi connectivity index (χ2n) is 4.46. The highest BCUT2D eigenvalue weighted by molar-refractivity contribution is 7.13. The number of anilines is 1. The first-order valence-electron chi connectivity index (χ1n) is 4.88. The predicted molar refractivity (Wildman–Crippen MR) is 62.4 cm³/mol. The molecule has 0 radical (unpaired) electrons. The summed E-state index contributed by atoms with van der Waals surface area (Å²) in [4.78, 5) is 11.3. The standard InChI is InChI=1S/C9H16N4O2S/c1-9(2,3)6(14)4-10-7(15)12-8-13-11-5-16-8/h5-6,14H,4H2,1-3H3,(H2,10,12,13,15). The van der Waals surface area contributed by atoms with Gasteiger partial charge in [0.05, 0.1) is 6.10 Å². The van der Waals surface area contributed by atoms with Crippen LogP contribution in [-0.2, 0) is 0 Å². The van der Waals surface area contributed by atoms with E-state index in [4.69, 9.17) is 0 Å². The number of nitrogens with one attached hydrogen (secondary N) is 2. The number of aliphatic hydroxyl groups excluding tert-OH is 1. The van der Waals surface area contributed by atoms with Crippen molar-refractivity contribution >= 4 is 22.5 Å². The molecule has 1 unspecified atom stereocenters. The van der Waals surface area contributed by atoms with Crippen molar-refractivity contribution in [2.24, 2.45) is 5.41 Å². The molecule has 1 aromatic heterocycles. The Morgan fingerprint density at radius 2 is 2.31 bits per heavy atom. The number of hydrogen-bond donors (Lipinski definition) is 3. The zero-order valence-electron chi connectivity index (χ0n) is 9.52. The van der Waals surface area contributed by atoms with Crippen LogP contribution >= 0.6 is 11.3 Å². The maximum Gasteiger partial charge on any atom is 0.321 e. The maximum absolute atomic E-state index is 11.3. The molecule has 90 valence electrons. The van der Waals surface area contributed by atoms with Gasteiger partial charge in [-0.25, -0.2) is 4.79 Å². The van der Waals surface area contributed by atoms with Crippen molar-refractivity contribution < 1.29 is 9.90 Å². The zero-order valence-corrected chi connectivity index (χ0v) is 10.3. The average molecular weight is 244 g/mol. The third kappa shape index (κ3) is 4.11. The third-order valence-corrected chi connectivity index (χ3v) is 2.64. The van der Waals surface area contributed by atoms with E-state index in [1.54, 1.807) is 0 Å². The van der Waals surface area contributed by atoms with E-state index in [-0.39, 0.29) is 18.0 Å². The molecule has 0 spiro atoms. The average Bonchev–Trinajstić information content (AvgIpc) is 2.65. The molecule has 1 atom stereocenters. The molecule has 7 heteroatoms. The molecule has 0 aromatic carbocycles. The summed E-state index contributed by atoms with van der Waals surface area (Å²) in [5.41, 5.74) is 1.27. The molecule has 2 amide bonds. The molecule has 0 bridgehead atoms. The Labute approximate surface area is 98.1 Å². The number of rotatable bonds is 3. The molecule has 6 nitrogen and oxygen atoms in total. The summed E-state index contributed by atoms with van der Waals surface area (Å²) in [5, 5.41) is 22.5. The summed E-state index contributed by atoms with van der Waals surface area (Å²) in [6.07, 6.45) is -0.590. The van der Waals surface area contributed by atoms with E-state index in [1.165, 1.54) is 16.8 Å². The van der Waals surface area contributed by atoms with E-state index in [9.17, 15) is 9.90 Å². The molecule has 1 aromatic rings. The Balaban J connectivity index is 2.31. The first-order chi connectivity index (χ1) is 7.39. The molecular formula is C9H16N4O2S. The van der Waals surface area contributed by atoms with Gasteiger partial charge >= 0.3 is 6.03 Å². The topological polar surface area (TPSA) is 87.1 Å². The number of urea groups is 1. The van der Waals surface area contributed by atoms with E-state index in [2.05, 4.69) is 20.8 Å². The normalized spacial score (nSPS) is 13.2. The van der Waals surface area contributed by atoms with E-state index < -0.39 is 6.10 Å². The van der Waals surface area contributed by atoms with E-state index in [1.807, 2.05) is 20.8 Å². The Hall–Kier alpha value is -1.21. The lowest BCUT2D eigenvalue weighted by atomic mass is 9.89. The van der Waals surface area contributed by atoms with Crippen molar-refractivity contribution in [3.8, 4) is 0 Å². The minimum Gasteiger partial charge on any atom is -0.391 e. The van der Waals surface area contributed by atoms with Gasteiger partial charge in [0.15, 0.2) is 0 Å². The monoisotopic (exact) mass is 244 g/mol. The van der Waals surface area contributed by atoms with Gasteiger partial charge < -0.3 is 10.4 Å². The van der Waals surface area contributed by atoms with Crippen LogP contribution in [0.15, 0.2) is 5.51 Å². The van der Waals surface area contributed by atoms with Crippen LogP contribution in [0.4, 0.5) is 9.93 Å². The maximum atomic E-state index is 11.3. The SMILES string of the molecule is CC(C)(C)C(O)CNC(=O)Nc1nncs1. The molecule has 16 heavy (non-hydrogen) atoms. The third-order valence-electron chi connectivity index (χ3n) is 2.04. The lowest BCUT2D eigenvalue weighted by Gasteiger charge is -2.25. The molecule has 0 aliphatic heterocycles. The van der Waals surface area contributed by atoms with Gasteiger partial charge in [0.25, 0.3) is 0 Å². The zero-order chi connectivity index (χ0) is 12.2. The summed E-state index contributed by atoms with van der Waals surface area (Å²) in [7, 11) is 0. The predicted octanol–water partition coefficient (Wildman–Crippen LogP) is 1.07. The highest BCUT2D eigenvalue weighted by Crippen LogP contribution is 2.18. The highest BCUT2D eigenvalue weighted by Gasteiger charge is 2.22. The van der Waals surface area contributed by atoms with E-state index in [0.717, 1.165) is 0 Å². The van der Waals surface area contributed by atoms with E-state index in [0.29, 0.717) is 5.13 Å². The molecule has 0 aliphatic carbocycles. The number of aromatic nitrogens is 2. The minimum absolute atomic E-state index is 0.203. The van der Waals surface area contributed by atoms with Gasteiger partial charge in [-0.3, -0.25) is 5.32 Å². The van der Waals surface area contributed by atoms with Crippen molar-refractivity contribution in [1.82, 2.24) is 15.5 Å². The minimum atomic E-state index is -0.590. The molecule has 0 fully saturated rings. The van der Waals surface area contributed by atoms with Gasteiger partial charge in [-0.15, -0.1) is 10.2 Å². The van der Waals surface area contributed by atoms with Crippen LogP contribution in [0.25, 0.3) is 0 Å². The van der Waals surface area contributed by atoms with Gasteiger partial charge in [0, 0.05) is 6.54 Å². The summed E-state index contributed by atoms with van der Waals surface area (Å²) in [6.45, 7) is 5.92. The number of nitrogens with zero attached hydrogens (tertiary/aromatic N) is 2. The van der Waals surface area contributed by atoms with Gasteiger partial charge in [0.2, 0.25) is 5.13 Å². The second-order valence-corrected chi connectivity index (χ2v) is 5.29. The van der Waals surface area contributed by atoms with E-state index >= 15 is 0 Å². The highest BCUT2D eigenvalue weighted by atomic mass is 32.1. The number of aliphatic hydroxyl groups is 1. The van der Waals surface area contributed by atoms with Crippen molar-refractivity contribution in [2.75, 3.05) is 11.9 Å². The number of hydrogen-bond acceptors (Lipinski definition) is 5. The summed E-state index contributed by atoms with van der Waals surface area (Å²) >= 11 is 1.23. The van der Waals surface area contributed by atoms with Crippen LogP contribution in [0.3, 0.4) is 0 Å². The van der Waals surface area contributed by atoms with Crippen molar-refractivity contribution in [2.45, 2.75) is 26.9 Å². The smallest absolute Gasteiger partial charge is 0.321 e. The summed E-state index contributed by atoms with van der Waals surface area (Å²) in [5.74, 6) is 0. The number of amides is 2. The van der Waals surface area contributed by atoms with Gasteiger partial charge in [-0.05, 0) is 5.41 Å². The summed E-state index contributed by atoms with van der Waals surface area (Å²) < 4.78 is 0. The summed E-state index contributed by atoms with van der Waals surface area (Å²) in [6, 6.07) is -0.389. The van der Waals surface area contributed by atoms with Gasteiger partial charge in [-0.1, -0.05) is 32.1 Å². The lowest BCUT2D eigenvalue weighted by molar-refractivity contribution is 0.0654. The largest absolute Gasteiger partial charge is 0.391 e. The van der Waals surface area contributed by atoms with Gasteiger partial charge in [-0.2, -0.15) is 0 Å². The molecule has 0 saturated carbocycles. The van der Waals surface area contributed by atoms with Crippen molar-refractivity contribution in [3.05, 3.63) is 5.51 Å². The molecular weight excluding hydrogens is 228 g/mol. The fourth-order valence-electron chi connectivity index (χ4n) is 0.864. The van der Waals surface area contributed by atoms with Crippen molar-refractivity contribution in [3.63, 3.8) is 0 Å². The Bertz CT molecular complexity index is 334. The van der Waals surface area contributed by atoms with Crippen LogP contribution in [-0.4, -0.2) is 34.0 Å². The van der Waals surface area contributed by atoms with Crippen LogP contribution in [0.2, 0.25) is 0 Å². The molecule has 0 saturated heterocycles. The second kappa shape index (κ2) is 5.22. The fraction of sp³-hybridized carbons (Fsp3) is 0.667. The van der Waals surface area contributed by atoms with Crippen LogP contribution in [0, 0.1) is 5.41 Å². The molecule has 1 rings (SSSR count). The molecule has 3 N–H and O–H groups in total. The Morgan fingerprint density at radius 3 is 2.81 bits per heavy atom. The van der Waals surface area contributed by atoms with Crippen LogP contribution in [0.5, 0.6) is 0 Å². The molecule has 1 heterocycles. The fourth-order valence-corrected chi connectivity index (χ4v) is 1.30. The number of carbonyl (C=O) groups is 1. The Morgan fingerprint density at radius 1 is 1.62 bits per heavy atom. The first kappa shape index (κ1) is 12.9. The lowest BCUT2D eigenvalue weighted by Crippen LogP contribution is -2.40. The van der Waals surface area contributed by atoms with Gasteiger partial charge in [0.1, 0.15) is 5.51 Å². The van der Waals surface area contributed by atoms with Crippen molar-refractivity contribution in [1.29, 1.82) is 0 Å². The van der Waals surface area contributed by atoms with Crippen LogP contribution < -0.4 is 10.6 Å².